The third-order valence-electron chi connectivity index (χ3n) is 2.78. The van der Waals surface area contributed by atoms with Crippen molar-refractivity contribution in [3.05, 3.63) is 53.1 Å². The summed E-state index contributed by atoms with van der Waals surface area (Å²) >= 11 is 0. The number of methoxy groups -OCH3 is 1. The number of carbonyl (C=O) groups excluding carboxylic acids is 1. The van der Waals surface area contributed by atoms with Crippen LogP contribution < -0.4 is 9.47 Å². The summed E-state index contributed by atoms with van der Waals surface area (Å²) < 4.78 is 37.8. The predicted molar refractivity (Wildman–Crippen MR) is 70.7 cm³/mol. The fraction of sp³-hybridized carbons (Fsp3) is 0.133. The fourth-order valence-electron chi connectivity index (χ4n) is 1.75. The number of halogens is 2. The molecule has 0 saturated carbocycles. The van der Waals surface area contributed by atoms with Gasteiger partial charge in [-0.3, -0.25) is 4.79 Å². The Labute approximate surface area is 119 Å². The number of rotatable bonds is 5. The highest BCUT2D eigenvalue weighted by Gasteiger charge is 2.16. The van der Waals surface area contributed by atoms with E-state index in [1.807, 2.05) is 0 Å². The molecule has 2 aromatic carbocycles. The molecule has 4 nitrogen and oxygen atoms in total. The summed E-state index contributed by atoms with van der Waals surface area (Å²) in [6.45, 7) is -0.201. The smallest absolute Gasteiger partial charge is 0.198 e. The molecule has 0 amide bonds. The molecule has 0 atom stereocenters. The highest BCUT2D eigenvalue weighted by molar-refractivity contribution is 5.75. The molecule has 0 unspecified atom stereocenters. The van der Waals surface area contributed by atoms with Crippen molar-refractivity contribution in [2.75, 3.05) is 7.11 Å². The van der Waals surface area contributed by atoms with Crippen LogP contribution in [0.5, 0.6) is 17.2 Å². The lowest BCUT2D eigenvalue weighted by atomic mass is 10.2. The lowest BCUT2D eigenvalue weighted by Crippen LogP contribution is -1.98. The zero-order chi connectivity index (χ0) is 15.4. The number of benzene rings is 2. The van der Waals surface area contributed by atoms with E-state index < -0.39 is 17.4 Å². The molecule has 0 fully saturated rings. The predicted octanol–water partition coefficient (Wildman–Crippen LogP) is 3.07. The Balaban J connectivity index is 2.40. The molecule has 0 saturated heterocycles. The summed E-state index contributed by atoms with van der Waals surface area (Å²) in [7, 11) is 1.37. The minimum absolute atomic E-state index is 0.0892. The van der Waals surface area contributed by atoms with E-state index in [1.165, 1.54) is 25.3 Å². The third kappa shape index (κ3) is 3.17. The van der Waals surface area contributed by atoms with Crippen LogP contribution in [0.15, 0.2) is 30.3 Å². The van der Waals surface area contributed by atoms with Crippen molar-refractivity contribution in [3.8, 4) is 17.2 Å². The van der Waals surface area contributed by atoms with Crippen LogP contribution in [-0.4, -0.2) is 18.5 Å². The van der Waals surface area contributed by atoms with Crippen molar-refractivity contribution in [3.63, 3.8) is 0 Å². The van der Waals surface area contributed by atoms with Crippen LogP contribution in [-0.2, 0) is 6.61 Å². The highest BCUT2D eigenvalue weighted by Crippen LogP contribution is 2.35. The minimum Gasteiger partial charge on any atom is -0.493 e. The van der Waals surface area contributed by atoms with E-state index in [0.29, 0.717) is 11.8 Å². The van der Waals surface area contributed by atoms with Gasteiger partial charge in [0.25, 0.3) is 0 Å². The molecule has 21 heavy (non-hydrogen) atoms. The molecular weight excluding hydrogens is 282 g/mol. The number of hydrogen-bond acceptors (Lipinski definition) is 4. The number of aldehydes is 1. The van der Waals surface area contributed by atoms with Gasteiger partial charge in [0.05, 0.1) is 13.7 Å². The summed E-state index contributed by atoms with van der Waals surface area (Å²) in [5.74, 6) is -2.31. The minimum atomic E-state index is -0.995. The normalized spacial score (nSPS) is 10.3. The van der Waals surface area contributed by atoms with E-state index in [1.54, 1.807) is 0 Å². The number of carbonyl (C=O) groups is 1. The maximum Gasteiger partial charge on any atom is 0.198 e. The molecule has 2 aromatic rings. The van der Waals surface area contributed by atoms with E-state index in [0.717, 1.165) is 12.1 Å². The molecule has 0 aliphatic carbocycles. The number of aliphatic hydroxyl groups excluding tert-OH is 1. The number of ether oxygens (including phenoxy) is 2. The van der Waals surface area contributed by atoms with Gasteiger partial charge in [0.2, 0.25) is 0 Å². The average molecular weight is 294 g/mol. The Hall–Kier alpha value is -2.47. The first-order valence-electron chi connectivity index (χ1n) is 5.99. The Kier molecular flexibility index (Phi) is 4.49. The van der Waals surface area contributed by atoms with Crippen LogP contribution in [0.25, 0.3) is 0 Å². The monoisotopic (exact) mass is 294 g/mol. The van der Waals surface area contributed by atoms with Crippen LogP contribution >= 0.6 is 0 Å². The standard InChI is InChI=1S/C15H12F2O4/c1-20-14-6-9(7-18)2-3-13(14)21-15-11(16)4-10(8-19)5-12(15)17/h2-6,8,18H,7H2,1H3. The number of aliphatic hydroxyl groups is 1. The van der Waals surface area contributed by atoms with Gasteiger partial charge in [0.15, 0.2) is 28.9 Å². The Morgan fingerprint density at radius 1 is 1.14 bits per heavy atom. The summed E-state index contributed by atoms with van der Waals surface area (Å²) in [5, 5.41) is 9.03. The molecule has 110 valence electrons. The van der Waals surface area contributed by atoms with Crippen LogP contribution in [0.3, 0.4) is 0 Å². The second kappa shape index (κ2) is 6.32. The maximum absolute atomic E-state index is 13.8. The van der Waals surface area contributed by atoms with Crippen molar-refractivity contribution in [2.24, 2.45) is 0 Å². The molecule has 6 heteroatoms. The zero-order valence-corrected chi connectivity index (χ0v) is 11.1. The van der Waals surface area contributed by atoms with Crippen LogP contribution in [0.1, 0.15) is 15.9 Å². The molecule has 0 heterocycles. The van der Waals surface area contributed by atoms with Crippen molar-refractivity contribution >= 4 is 6.29 Å². The fourth-order valence-corrected chi connectivity index (χ4v) is 1.75. The molecule has 0 spiro atoms. The topological polar surface area (TPSA) is 55.8 Å². The van der Waals surface area contributed by atoms with E-state index in [9.17, 15) is 13.6 Å². The molecule has 0 bridgehead atoms. The Morgan fingerprint density at radius 3 is 2.33 bits per heavy atom. The van der Waals surface area contributed by atoms with Crippen molar-refractivity contribution in [1.82, 2.24) is 0 Å². The van der Waals surface area contributed by atoms with E-state index in [2.05, 4.69) is 0 Å². The third-order valence-corrected chi connectivity index (χ3v) is 2.78. The number of hydrogen-bond donors (Lipinski definition) is 1. The first kappa shape index (κ1) is 14.9. The van der Waals surface area contributed by atoms with Gasteiger partial charge in [0, 0.05) is 5.56 Å². The van der Waals surface area contributed by atoms with E-state index in [4.69, 9.17) is 14.6 Å². The second-order valence-corrected chi connectivity index (χ2v) is 4.18. The van der Waals surface area contributed by atoms with Gasteiger partial charge < -0.3 is 14.6 Å². The quantitative estimate of drug-likeness (QED) is 0.861. The van der Waals surface area contributed by atoms with E-state index >= 15 is 0 Å². The summed E-state index contributed by atoms with van der Waals surface area (Å²) in [6, 6.07) is 6.20. The molecule has 0 aliphatic rings. The summed E-state index contributed by atoms with van der Waals surface area (Å²) in [5.41, 5.74) is 0.441. The van der Waals surface area contributed by atoms with Crippen LogP contribution in [0, 0.1) is 11.6 Å². The molecular formula is C15H12F2O4. The Morgan fingerprint density at radius 2 is 1.81 bits per heavy atom. The first-order chi connectivity index (χ1) is 10.1. The van der Waals surface area contributed by atoms with Gasteiger partial charge in [-0.2, -0.15) is 0 Å². The highest BCUT2D eigenvalue weighted by atomic mass is 19.1. The summed E-state index contributed by atoms with van der Waals surface area (Å²) in [6.07, 6.45) is 0.340. The molecule has 0 radical (unpaired) electrons. The van der Waals surface area contributed by atoms with Gasteiger partial charge >= 0.3 is 0 Å². The summed E-state index contributed by atoms with van der Waals surface area (Å²) in [4.78, 5) is 10.5. The van der Waals surface area contributed by atoms with Crippen molar-refractivity contribution < 1.29 is 28.2 Å². The van der Waals surface area contributed by atoms with Gasteiger partial charge in [0.1, 0.15) is 6.29 Å². The zero-order valence-electron chi connectivity index (χ0n) is 11.1. The van der Waals surface area contributed by atoms with Crippen LogP contribution in [0.4, 0.5) is 8.78 Å². The van der Waals surface area contributed by atoms with Gasteiger partial charge in [-0.15, -0.1) is 0 Å². The molecule has 0 aliphatic heterocycles. The van der Waals surface area contributed by atoms with Gasteiger partial charge in [-0.1, -0.05) is 6.07 Å². The van der Waals surface area contributed by atoms with E-state index in [-0.39, 0.29) is 23.7 Å². The average Bonchev–Trinajstić information content (AvgIpc) is 2.50. The van der Waals surface area contributed by atoms with Crippen molar-refractivity contribution in [2.45, 2.75) is 6.61 Å². The van der Waals surface area contributed by atoms with Crippen LogP contribution in [0.2, 0.25) is 0 Å². The van der Waals surface area contributed by atoms with Gasteiger partial charge in [-0.25, -0.2) is 8.78 Å². The lowest BCUT2D eigenvalue weighted by molar-refractivity contribution is 0.112. The molecule has 2 rings (SSSR count). The lowest BCUT2D eigenvalue weighted by Gasteiger charge is -2.12. The Bertz CT molecular complexity index is 648. The maximum atomic E-state index is 13.8. The van der Waals surface area contributed by atoms with Gasteiger partial charge in [-0.05, 0) is 29.8 Å². The largest absolute Gasteiger partial charge is 0.493 e. The first-order valence-corrected chi connectivity index (χ1v) is 5.99. The van der Waals surface area contributed by atoms with Crippen molar-refractivity contribution in [1.29, 1.82) is 0 Å². The molecule has 0 aromatic heterocycles. The SMILES string of the molecule is COc1cc(CO)ccc1Oc1c(F)cc(C=O)cc1F. The second-order valence-electron chi connectivity index (χ2n) is 4.18. The molecule has 1 N–H and O–H groups in total.